The molecule has 1 heterocycles. The molecule has 0 spiro atoms. The van der Waals surface area contributed by atoms with Crippen LogP contribution in [-0.4, -0.2) is 35.4 Å². The maximum Gasteiger partial charge on any atom is 0.228 e. The van der Waals surface area contributed by atoms with Crippen molar-refractivity contribution in [2.45, 2.75) is 45.4 Å². The highest BCUT2D eigenvalue weighted by atomic mass is 127. The molecule has 2 rings (SSSR count). The summed E-state index contributed by atoms with van der Waals surface area (Å²) < 4.78 is 18.7. The van der Waals surface area contributed by atoms with E-state index in [0.717, 1.165) is 29.2 Å². The quantitative estimate of drug-likeness (QED) is 0.294. The molecule has 0 amide bonds. The van der Waals surface area contributed by atoms with Crippen molar-refractivity contribution < 1.29 is 8.91 Å². The summed E-state index contributed by atoms with van der Waals surface area (Å²) in [6.07, 6.45) is 2.63. The van der Waals surface area contributed by atoms with E-state index in [1.54, 1.807) is 23.9 Å². The minimum absolute atomic E-state index is 0. The van der Waals surface area contributed by atoms with Gasteiger partial charge in [0.05, 0.1) is 6.54 Å². The molecule has 0 saturated heterocycles. The van der Waals surface area contributed by atoms with Gasteiger partial charge < -0.3 is 15.2 Å². The third-order valence-corrected chi connectivity index (χ3v) is 4.45. The number of hydrogen-bond acceptors (Lipinski definition) is 5. The van der Waals surface area contributed by atoms with Gasteiger partial charge in [0.2, 0.25) is 5.89 Å². The zero-order chi connectivity index (χ0) is 19.6. The van der Waals surface area contributed by atoms with Crippen LogP contribution in [0.1, 0.15) is 49.5 Å². The molecule has 0 atom stereocenters. The van der Waals surface area contributed by atoms with Crippen molar-refractivity contribution in [1.82, 2.24) is 20.8 Å². The van der Waals surface area contributed by atoms with Gasteiger partial charge in [0, 0.05) is 31.2 Å². The topological polar surface area (TPSA) is 75.3 Å². The largest absolute Gasteiger partial charge is 0.357 e. The number of nitrogens with zero attached hydrogens (tertiary/aromatic N) is 3. The smallest absolute Gasteiger partial charge is 0.228 e. The summed E-state index contributed by atoms with van der Waals surface area (Å²) in [6, 6.07) is 4.88. The Labute approximate surface area is 187 Å². The molecular formula is C19H29FIN5OS. The van der Waals surface area contributed by atoms with E-state index in [9.17, 15) is 4.39 Å². The number of guanidine groups is 1. The minimum Gasteiger partial charge on any atom is -0.357 e. The molecule has 6 nitrogen and oxygen atoms in total. The molecule has 0 unspecified atom stereocenters. The second-order valence-corrected chi connectivity index (χ2v) is 7.29. The Bertz CT molecular complexity index is 754. The Morgan fingerprint density at radius 1 is 1.29 bits per heavy atom. The molecule has 0 radical (unpaired) electrons. The van der Waals surface area contributed by atoms with Crippen LogP contribution in [0.3, 0.4) is 0 Å². The standard InChI is InChI=1S/C19H28FN5OS.HI/c1-5-21-19(22-9-8-17-24-18(13(2)3)25-26-17)23-11-14-6-7-16(20)10-15(14)12-27-4;/h6-7,10,13H,5,8-9,11-12H2,1-4H3,(H2,21,22,23);1H. The number of hydrogen-bond donors (Lipinski definition) is 2. The van der Waals surface area contributed by atoms with E-state index in [-0.39, 0.29) is 35.7 Å². The number of rotatable bonds is 9. The summed E-state index contributed by atoms with van der Waals surface area (Å²) in [7, 11) is 0. The Morgan fingerprint density at radius 3 is 2.71 bits per heavy atom. The fraction of sp³-hybridized carbons (Fsp3) is 0.526. The van der Waals surface area contributed by atoms with Crippen molar-refractivity contribution in [1.29, 1.82) is 0 Å². The average molecular weight is 521 g/mol. The number of aromatic nitrogens is 2. The van der Waals surface area contributed by atoms with Gasteiger partial charge in [-0.05, 0) is 36.4 Å². The first kappa shape index (κ1) is 24.7. The summed E-state index contributed by atoms with van der Waals surface area (Å²) >= 11 is 1.67. The number of nitrogens with one attached hydrogen (secondary N) is 2. The van der Waals surface area contributed by atoms with Gasteiger partial charge in [-0.15, -0.1) is 24.0 Å². The molecule has 0 fully saturated rings. The number of benzene rings is 1. The molecule has 0 bridgehead atoms. The van der Waals surface area contributed by atoms with Crippen molar-refractivity contribution in [2.75, 3.05) is 19.3 Å². The highest BCUT2D eigenvalue weighted by Gasteiger charge is 2.10. The van der Waals surface area contributed by atoms with Crippen LogP contribution in [-0.2, 0) is 18.7 Å². The number of thioether (sulfide) groups is 1. The van der Waals surface area contributed by atoms with Crippen LogP contribution in [0.15, 0.2) is 27.7 Å². The number of halogens is 2. The van der Waals surface area contributed by atoms with Gasteiger partial charge in [0.1, 0.15) is 5.82 Å². The highest BCUT2D eigenvalue weighted by Crippen LogP contribution is 2.17. The van der Waals surface area contributed by atoms with Gasteiger partial charge in [-0.1, -0.05) is 25.1 Å². The van der Waals surface area contributed by atoms with Crippen LogP contribution in [0.2, 0.25) is 0 Å². The van der Waals surface area contributed by atoms with Crippen molar-refractivity contribution in [2.24, 2.45) is 4.99 Å². The summed E-state index contributed by atoms with van der Waals surface area (Å²) in [5.74, 6) is 2.85. The highest BCUT2D eigenvalue weighted by molar-refractivity contribution is 14.0. The Hall–Kier alpha value is -1.36. The van der Waals surface area contributed by atoms with Crippen molar-refractivity contribution in [3.8, 4) is 0 Å². The molecule has 1 aromatic carbocycles. The van der Waals surface area contributed by atoms with E-state index in [0.29, 0.717) is 31.4 Å². The van der Waals surface area contributed by atoms with Gasteiger partial charge >= 0.3 is 0 Å². The summed E-state index contributed by atoms with van der Waals surface area (Å²) in [4.78, 5) is 8.99. The molecule has 2 N–H and O–H groups in total. The molecule has 0 aliphatic heterocycles. The van der Waals surface area contributed by atoms with Crippen LogP contribution in [0.4, 0.5) is 4.39 Å². The van der Waals surface area contributed by atoms with Crippen LogP contribution in [0, 0.1) is 5.82 Å². The molecule has 9 heteroatoms. The third kappa shape index (κ3) is 7.94. The monoisotopic (exact) mass is 521 g/mol. The lowest BCUT2D eigenvalue weighted by Gasteiger charge is -2.12. The predicted molar refractivity (Wildman–Crippen MR) is 124 cm³/mol. The van der Waals surface area contributed by atoms with Crippen molar-refractivity contribution in [3.05, 3.63) is 46.9 Å². The summed E-state index contributed by atoms with van der Waals surface area (Å²) in [5.41, 5.74) is 2.01. The lowest BCUT2D eigenvalue weighted by atomic mass is 10.1. The number of aliphatic imine (C=N–C) groups is 1. The van der Waals surface area contributed by atoms with E-state index < -0.39 is 0 Å². The Kier molecular flexibility index (Phi) is 11.4. The zero-order valence-corrected chi connectivity index (χ0v) is 19.9. The molecule has 0 saturated carbocycles. The van der Waals surface area contributed by atoms with Gasteiger partial charge in [-0.25, -0.2) is 9.38 Å². The van der Waals surface area contributed by atoms with E-state index in [4.69, 9.17) is 4.52 Å². The molecule has 2 aromatic rings. The van der Waals surface area contributed by atoms with E-state index in [2.05, 4.69) is 25.8 Å². The fourth-order valence-electron chi connectivity index (χ4n) is 2.44. The molecule has 0 aliphatic rings. The average Bonchev–Trinajstić information content (AvgIpc) is 3.10. The van der Waals surface area contributed by atoms with Crippen LogP contribution < -0.4 is 10.6 Å². The normalized spacial score (nSPS) is 11.4. The summed E-state index contributed by atoms with van der Waals surface area (Å²) in [6.45, 7) is 7.95. The van der Waals surface area contributed by atoms with E-state index in [1.165, 1.54) is 6.07 Å². The minimum atomic E-state index is -0.211. The molecule has 28 heavy (non-hydrogen) atoms. The molecular weight excluding hydrogens is 492 g/mol. The maximum absolute atomic E-state index is 13.5. The summed E-state index contributed by atoms with van der Waals surface area (Å²) in [5, 5.41) is 10.5. The maximum atomic E-state index is 13.5. The SMILES string of the molecule is CCNC(=NCc1ccc(F)cc1CSC)NCCc1nc(C(C)C)no1.I. The predicted octanol–water partition coefficient (Wildman–Crippen LogP) is 4.11. The first-order chi connectivity index (χ1) is 13.0. The first-order valence-electron chi connectivity index (χ1n) is 9.14. The second-order valence-electron chi connectivity index (χ2n) is 6.42. The van der Waals surface area contributed by atoms with Crippen LogP contribution in [0.5, 0.6) is 0 Å². The lowest BCUT2D eigenvalue weighted by molar-refractivity contribution is 0.371. The Morgan fingerprint density at radius 2 is 2.07 bits per heavy atom. The first-order valence-corrected chi connectivity index (χ1v) is 10.5. The van der Waals surface area contributed by atoms with Gasteiger partial charge in [-0.3, -0.25) is 0 Å². The van der Waals surface area contributed by atoms with E-state index in [1.807, 2.05) is 27.0 Å². The zero-order valence-electron chi connectivity index (χ0n) is 16.8. The fourth-order valence-corrected chi connectivity index (χ4v) is 3.02. The lowest BCUT2D eigenvalue weighted by Crippen LogP contribution is -2.38. The second kappa shape index (κ2) is 13.0. The van der Waals surface area contributed by atoms with Gasteiger partial charge in [-0.2, -0.15) is 16.7 Å². The molecule has 1 aromatic heterocycles. The third-order valence-electron chi connectivity index (χ3n) is 3.85. The van der Waals surface area contributed by atoms with Crippen molar-refractivity contribution in [3.63, 3.8) is 0 Å². The van der Waals surface area contributed by atoms with Crippen LogP contribution in [0.25, 0.3) is 0 Å². The Balaban J connectivity index is 0.00000392. The van der Waals surface area contributed by atoms with Crippen LogP contribution >= 0.6 is 35.7 Å². The van der Waals surface area contributed by atoms with E-state index >= 15 is 0 Å². The van der Waals surface area contributed by atoms with Gasteiger partial charge in [0.25, 0.3) is 0 Å². The molecule has 0 aliphatic carbocycles. The van der Waals surface area contributed by atoms with Crippen molar-refractivity contribution >= 4 is 41.7 Å². The van der Waals surface area contributed by atoms with Gasteiger partial charge in [0.15, 0.2) is 11.8 Å². The molecule has 156 valence electrons.